The van der Waals surface area contributed by atoms with Crippen LogP contribution in [0.2, 0.25) is 0 Å². The van der Waals surface area contributed by atoms with Gasteiger partial charge in [0.1, 0.15) is 17.7 Å². The highest BCUT2D eigenvalue weighted by Crippen LogP contribution is 2.31. The van der Waals surface area contributed by atoms with E-state index in [9.17, 15) is 4.79 Å². The van der Waals surface area contributed by atoms with E-state index in [-0.39, 0.29) is 18.3 Å². The maximum absolute atomic E-state index is 13.2. The molecule has 0 aliphatic carbocycles. The summed E-state index contributed by atoms with van der Waals surface area (Å²) in [4.78, 5) is 30.2. The van der Waals surface area contributed by atoms with E-state index < -0.39 is 5.41 Å². The van der Waals surface area contributed by atoms with E-state index in [1.165, 1.54) is 0 Å². The number of hydrogen-bond donors (Lipinski definition) is 0. The Morgan fingerprint density at radius 2 is 1.71 bits per heavy atom. The van der Waals surface area contributed by atoms with Gasteiger partial charge in [-0.1, -0.05) is 18.2 Å². The quantitative estimate of drug-likeness (QED) is 0.581. The molecule has 7 nitrogen and oxygen atoms in total. The fourth-order valence-corrected chi connectivity index (χ4v) is 3.57. The lowest BCUT2D eigenvalue weighted by Crippen LogP contribution is -2.39. The fourth-order valence-electron chi connectivity index (χ4n) is 3.57. The molecule has 0 radical (unpaired) electrons. The van der Waals surface area contributed by atoms with Crippen LogP contribution in [0.5, 0.6) is 6.01 Å². The predicted octanol–water partition coefficient (Wildman–Crippen LogP) is 3.42. The van der Waals surface area contributed by atoms with Crippen molar-refractivity contribution in [3.05, 3.63) is 65.5 Å². The summed E-state index contributed by atoms with van der Waals surface area (Å²) in [7, 11) is 0. The van der Waals surface area contributed by atoms with Gasteiger partial charge in [-0.3, -0.25) is 4.79 Å². The minimum atomic E-state index is -0.648. The predicted molar refractivity (Wildman–Crippen MR) is 116 cm³/mol. The number of ketones is 1. The van der Waals surface area contributed by atoms with Crippen LogP contribution in [-0.2, 0) is 21.4 Å². The highest BCUT2D eigenvalue weighted by Gasteiger charge is 2.31. The van der Waals surface area contributed by atoms with Crippen molar-refractivity contribution in [3.63, 3.8) is 0 Å². The number of carbonyl (C=O) groups is 1. The van der Waals surface area contributed by atoms with Crippen LogP contribution in [0, 0.1) is 13.8 Å². The summed E-state index contributed by atoms with van der Waals surface area (Å²) >= 11 is 0. The van der Waals surface area contributed by atoms with E-state index >= 15 is 0 Å². The van der Waals surface area contributed by atoms with E-state index in [2.05, 4.69) is 26.0 Å². The molecule has 1 aromatic carbocycles. The van der Waals surface area contributed by atoms with Crippen molar-refractivity contribution in [2.75, 3.05) is 13.2 Å². The normalized spacial score (nSPS) is 14.2. The Bertz CT molecular complexity index is 1070. The van der Waals surface area contributed by atoms with Gasteiger partial charge in [0.2, 0.25) is 0 Å². The van der Waals surface area contributed by atoms with Crippen molar-refractivity contribution in [2.24, 2.45) is 0 Å². The van der Waals surface area contributed by atoms with Crippen LogP contribution >= 0.6 is 0 Å². The number of Topliss-reactive ketones (excluding diaryl/α,β-unsaturated/α-hetero) is 1. The van der Waals surface area contributed by atoms with Crippen molar-refractivity contribution >= 4 is 5.78 Å². The van der Waals surface area contributed by atoms with Gasteiger partial charge in [0.05, 0.1) is 13.2 Å². The molecule has 3 heterocycles. The Hall–Kier alpha value is -3.19. The third-order valence-electron chi connectivity index (χ3n) is 5.64. The first-order valence-corrected chi connectivity index (χ1v) is 10.3. The zero-order chi connectivity index (χ0) is 22.0. The number of nitrogens with zero attached hydrogens (tertiary/aromatic N) is 4. The molecular formula is C24H26N4O3. The van der Waals surface area contributed by atoms with Gasteiger partial charge in [0.25, 0.3) is 0 Å². The van der Waals surface area contributed by atoms with Crippen LogP contribution < -0.4 is 4.74 Å². The number of benzene rings is 1. The highest BCUT2D eigenvalue weighted by molar-refractivity contribution is 5.91. The lowest BCUT2D eigenvalue weighted by atomic mass is 9.76. The zero-order valence-corrected chi connectivity index (χ0v) is 18.3. The summed E-state index contributed by atoms with van der Waals surface area (Å²) in [6.45, 7) is 8.94. The van der Waals surface area contributed by atoms with E-state index in [0.29, 0.717) is 19.2 Å². The topological polar surface area (TPSA) is 87.1 Å². The molecule has 4 rings (SSSR count). The van der Waals surface area contributed by atoms with Crippen molar-refractivity contribution in [1.29, 1.82) is 0 Å². The van der Waals surface area contributed by atoms with Crippen LogP contribution in [0.1, 0.15) is 36.4 Å². The van der Waals surface area contributed by atoms with Crippen molar-refractivity contribution in [2.45, 2.75) is 45.6 Å². The van der Waals surface area contributed by atoms with Gasteiger partial charge < -0.3 is 9.47 Å². The summed E-state index contributed by atoms with van der Waals surface area (Å²) in [5, 5.41) is 0. The summed E-state index contributed by atoms with van der Waals surface area (Å²) in [6, 6.07) is 6.44. The van der Waals surface area contributed by atoms with Crippen LogP contribution in [0.25, 0.3) is 11.1 Å². The summed E-state index contributed by atoms with van der Waals surface area (Å²) in [5.41, 5.74) is 4.16. The molecule has 160 valence electrons. The first-order valence-electron chi connectivity index (χ1n) is 10.3. The lowest BCUT2D eigenvalue weighted by Gasteiger charge is -2.26. The van der Waals surface area contributed by atoms with E-state index in [4.69, 9.17) is 9.47 Å². The second-order valence-corrected chi connectivity index (χ2v) is 8.42. The molecule has 1 aliphatic heterocycles. The van der Waals surface area contributed by atoms with E-state index in [1.54, 1.807) is 12.4 Å². The molecule has 0 spiro atoms. The van der Waals surface area contributed by atoms with E-state index in [1.807, 2.05) is 52.2 Å². The summed E-state index contributed by atoms with van der Waals surface area (Å²) in [6.07, 6.45) is 7.22. The first-order chi connectivity index (χ1) is 14.8. The Balaban J connectivity index is 1.47. The third-order valence-corrected chi connectivity index (χ3v) is 5.64. The maximum Gasteiger partial charge on any atom is 0.316 e. The molecule has 2 aromatic heterocycles. The second kappa shape index (κ2) is 8.51. The standard InChI is InChI=1S/C24H26N4O3/c1-15-7-18(19-11-25-16(2)26-12-19)5-6-21(15)24(3,4)22(29)8-17-9-27-23(28-10-17)31-20-13-30-14-20/h5-7,9-12,20H,8,13-14H2,1-4H3. The molecule has 3 aromatic rings. The molecule has 0 saturated carbocycles. The molecule has 0 unspecified atom stereocenters. The van der Waals surface area contributed by atoms with Crippen molar-refractivity contribution in [1.82, 2.24) is 19.9 Å². The van der Waals surface area contributed by atoms with Gasteiger partial charge in [-0.25, -0.2) is 19.9 Å². The number of aromatic nitrogens is 4. The monoisotopic (exact) mass is 418 g/mol. The molecular weight excluding hydrogens is 392 g/mol. The Kier molecular flexibility index (Phi) is 5.78. The number of carbonyl (C=O) groups excluding carboxylic acids is 1. The van der Waals surface area contributed by atoms with Crippen molar-refractivity contribution in [3.8, 4) is 17.1 Å². The average molecular weight is 418 g/mol. The molecule has 0 bridgehead atoms. The van der Waals surface area contributed by atoms with Gasteiger partial charge in [-0.15, -0.1) is 0 Å². The van der Waals surface area contributed by atoms with E-state index in [0.717, 1.165) is 33.6 Å². The summed E-state index contributed by atoms with van der Waals surface area (Å²) in [5.74, 6) is 0.844. The minimum absolute atomic E-state index is 0.0174. The third kappa shape index (κ3) is 4.61. The van der Waals surface area contributed by atoms with Gasteiger partial charge in [0.15, 0.2) is 0 Å². The van der Waals surface area contributed by atoms with Crippen LogP contribution in [0.3, 0.4) is 0 Å². The van der Waals surface area contributed by atoms with Gasteiger partial charge in [0, 0.05) is 42.2 Å². The molecule has 7 heteroatoms. The highest BCUT2D eigenvalue weighted by atomic mass is 16.6. The van der Waals surface area contributed by atoms with Crippen LogP contribution in [-0.4, -0.2) is 45.0 Å². The van der Waals surface area contributed by atoms with Gasteiger partial charge in [-0.2, -0.15) is 0 Å². The molecule has 1 aliphatic rings. The lowest BCUT2D eigenvalue weighted by molar-refractivity contribution is -0.122. The smallest absolute Gasteiger partial charge is 0.316 e. The SMILES string of the molecule is Cc1ncc(-c2ccc(C(C)(C)C(=O)Cc3cnc(OC4COC4)nc3)c(C)c2)cn1. The van der Waals surface area contributed by atoms with Crippen LogP contribution in [0.4, 0.5) is 0 Å². The Labute approximate surface area is 181 Å². The zero-order valence-electron chi connectivity index (χ0n) is 18.3. The average Bonchev–Trinajstić information content (AvgIpc) is 2.72. The number of ether oxygens (including phenoxy) is 2. The Morgan fingerprint density at radius 1 is 1.03 bits per heavy atom. The maximum atomic E-state index is 13.2. The molecule has 31 heavy (non-hydrogen) atoms. The molecule has 0 amide bonds. The number of aryl methyl sites for hydroxylation is 2. The number of rotatable bonds is 7. The number of hydrogen-bond acceptors (Lipinski definition) is 7. The molecule has 1 saturated heterocycles. The van der Waals surface area contributed by atoms with Crippen LogP contribution in [0.15, 0.2) is 43.0 Å². The van der Waals surface area contributed by atoms with Crippen molar-refractivity contribution < 1.29 is 14.3 Å². The molecule has 0 atom stereocenters. The molecule has 0 N–H and O–H groups in total. The largest absolute Gasteiger partial charge is 0.455 e. The van der Waals surface area contributed by atoms with Gasteiger partial charge in [-0.05, 0) is 49.9 Å². The minimum Gasteiger partial charge on any atom is -0.455 e. The Morgan fingerprint density at radius 3 is 2.29 bits per heavy atom. The first kappa shape index (κ1) is 21.1. The second-order valence-electron chi connectivity index (χ2n) is 8.42. The van der Waals surface area contributed by atoms with Gasteiger partial charge >= 0.3 is 6.01 Å². The summed E-state index contributed by atoms with van der Waals surface area (Å²) < 4.78 is 10.7. The fraction of sp³-hybridized carbons (Fsp3) is 0.375. The molecule has 1 fully saturated rings.